The van der Waals surface area contributed by atoms with Crippen LogP contribution in [0.2, 0.25) is 0 Å². The Morgan fingerprint density at radius 1 is 1.11 bits per heavy atom. The van der Waals surface area contributed by atoms with Crippen LogP contribution in [0, 0.1) is 11.8 Å². The molecular formula is C15H29N3. The zero-order chi connectivity index (χ0) is 13.4. The van der Waals surface area contributed by atoms with E-state index in [-0.39, 0.29) is 0 Å². The molecule has 0 saturated carbocycles. The molecule has 0 atom stereocenters. The fourth-order valence-electron chi connectivity index (χ4n) is 2.38. The summed E-state index contributed by atoms with van der Waals surface area (Å²) >= 11 is 0. The molecule has 0 unspecified atom stereocenters. The molecule has 0 bridgehead atoms. The minimum atomic E-state index is 0.669. The lowest BCUT2D eigenvalue weighted by molar-refractivity contribution is 0.354. The van der Waals surface area contributed by atoms with Crippen molar-refractivity contribution in [2.45, 2.75) is 59.5 Å². The van der Waals surface area contributed by atoms with Gasteiger partial charge in [0, 0.05) is 25.0 Å². The summed E-state index contributed by atoms with van der Waals surface area (Å²) in [5.41, 5.74) is 0. The maximum Gasteiger partial charge on any atom is 0.0489 e. The molecule has 1 rings (SSSR count). The van der Waals surface area contributed by atoms with Gasteiger partial charge in [0.25, 0.3) is 0 Å². The van der Waals surface area contributed by atoms with Gasteiger partial charge in [-0.1, -0.05) is 27.7 Å². The maximum atomic E-state index is 4.22. The second-order valence-electron chi connectivity index (χ2n) is 6.03. The summed E-state index contributed by atoms with van der Waals surface area (Å²) in [5.74, 6) is 1.54. The van der Waals surface area contributed by atoms with Gasteiger partial charge in [-0.2, -0.15) is 5.10 Å². The summed E-state index contributed by atoms with van der Waals surface area (Å²) in [6.07, 6.45) is 7.57. The molecule has 1 aromatic rings. The summed E-state index contributed by atoms with van der Waals surface area (Å²) in [4.78, 5) is 0. The standard InChI is InChI=1S/C15H29N3/c1-13(2)11-15(12-14(3)4)16-7-5-9-18-10-6-8-17-18/h6,8,10,13-16H,5,7,9,11-12H2,1-4H3. The summed E-state index contributed by atoms with van der Waals surface area (Å²) < 4.78 is 2.00. The van der Waals surface area contributed by atoms with Crippen molar-refractivity contribution in [3.63, 3.8) is 0 Å². The molecular weight excluding hydrogens is 222 g/mol. The van der Waals surface area contributed by atoms with Crippen molar-refractivity contribution in [3.05, 3.63) is 18.5 Å². The predicted molar refractivity (Wildman–Crippen MR) is 77.5 cm³/mol. The molecule has 0 saturated heterocycles. The highest BCUT2D eigenvalue weighted by Gasteiger charge is 2.11. The highest BCUT2D eigenvalue weighted by Crippen LogP contribution is 2.13. The molecule has 0 aliphatic heterocycles. The van der Waals surface area contributed by atoms with Gasteiger partial charge in [0.05, 0.1) is 0 Å². The Morgan fingerprint density at radius 3 is 2.28 bits per heavy atom. The summed E-state index contributed by atoms with van der Waals surface area (Å²) in [6, 6.07) is 2.65. The van der Waals surface area contributed by atoms with Crippen molar-refractivity contribution in [3.8, 4) is 0 Å². The van der Waals surface area contributed by atoms with Gasteiger partial charge in [-0.3, -0.25) is 4.68 Å². The van der Waals surface area contributed by atoms with E-state index in [4.69, 9.17) is 0 Å². The second-order valence-corrected chi connectivity index (χ2v) is 6.03. The van der Waals surface area contributed by atoms with Crippen LogP contribution in [0.4, 0.5) is 0 Å². The van der Waals surface area contributed by atoms with E-state index < -0.39 is 0 Å². The van der Waals surface area contributed by atoms with E-state index in [1.54, 1.807) is 0 Å². The SMILES string of the molecule is CC(C)CC(CC(C)C)NCCCn1cccn1. The molecule has 18 heavy (non-hydrogen) atoms. The predicted octanol–water partition coefficient (Wildman–Crippen LogP) is 3.32. The number of hydrogen-bond donors (Lipinski definition) is 1. The molecule has 0 aliphatic rings. The first kappa shape index (κ1) is 15.2. The van der Waals surface area contributed by atoms with E-state index in [9.17, 15) is 0 Å². The number of rotatable bonds is 9. The van der Waals surface area contributed by atoms with Gasteiger partial charge in [-0.25, -0.2) is 0 Å². The molecule has 1 aromatic heterocycles. The third kappa shape index (κ3) is 6.80. The Kier molecular flexibility index (Phi) is 7.02. The van der Waals surface area contributed by atoms with E-state index in [1.807, 2.05) is 23.1 Å². The lowest BCUT2D eigenvalue weighted by Gasteiger charge is -2.22. The third-order valence-electron chi connectivity index (χ3n) is 3.07. The Balaban J connectivity index is 2.19. The first-order valence-corrected chi connectivity index (χ1v) is 7.28. The Bertz CT molecular complexity index is 281. The molecule has 0 spiro atoms. The molecule has 0 radical (unpaired) electrons. The zero-order valence-corrected chi connectivity index (χ0v) is 12.4. The second kappa shape index (κ2) is 8.30. The maximum absolute atomic E-state index is 4.22. The van der Waals surface area contributed by atoms with Crippen LogP contribution in [0.25, 0.3) is 0 Å². The molecule has 0 aliphatic carbocycles. The Morgan fingerprint density at radius 2 is 1.78 bits per heavy atom. The normalized spacial score (nSPS) is 11.9. The number of hydrogen-bond acceptors (Lipinski definition) is 2. The van der Waals surface area contributed by atoms with Crippen LogP contribution in [0.3, 0.4) is 0 Å². The van der Waals surface area contributed by atoms with Gasteiger partial charge < -0.3 is 5.32 Å². The van der Waals surface area contributed by atoms with Gasteiger partial charge >= 0.3 is 0 Å². The summed E-state index contributed by atoms with van der Waals surface area (Å²) in [7, 11) is 0. The van der Waals surface area contributed by atoms with Crippen molar-refractivity contribution in [1.29, 1.82) is 0 Å². The topological polar surface area (TPSA) is 29.9 Å². The summed E-state index contributed by atoms with van der Waals surface area (Å²) in [5, 5.41) is 7.92. The largest absolute Gasteiger partial charge is 0.314 e. The van der Waals surface area contributed by atoms with E-state index in [2.05, 4.69) is 38.1 Å². The van der Waals surface area contributed by atoms with Crippen LogP contribution < -0.4 is 5.32 Å². The van der Waals surface area contributed by atoms with E-state index in [1.165, 1.54) is 12.8 Å². The lowest BCUT2D eigenvalue weighted by Crippen LogP contribution is -2.33. The highest BCUT2D eigenvalue weighted by atomic mass is 15.3. The molecule has 104 valence electrons. The van der Waals surface area contributed by atoms with Crippen LogP contribution in [-0.4, -0.2) is 22.4 Å². The Hall–Kier alpha value is -0.830. The number of aryl methyl sites for hydroxylation is 1. The van der Waals surface area contributed by atoms with Crippen LogP contribution >= 0.6 is 0 Å². The number of nitrogens with one attached hydrogen (secondary N) is 1. The average molecular weight is 251 g/mol. The van der Waals surface area contributed by atoms with Gasteiger partial charge in [0.2, 0.25) is 0 Å². The molecule has 1 heterocycles. The molecule has 3 heteroatoms. The molecule has 1 N–H and O–H groups in total. The number of aromatic nitrogens is 2. The monoisotopic (exact) mass is 251 g/mol. The molecule has 0 fully saturated rings. The van der Waals surface area contributed by atoms with E-state index in [0.29, 0.717) is 6.04 Å². The number of nitrogens with zero attached hydrogens (tertiary/aromatic N) is 2. The minimum Gasteiger partial charge on any atom is -0.314 e. The highest BCUT2D eigenvalue weighted by molar-refractivity contribution is 4.77. The first-order chi connectivity index (χ1) is 8.58. The summed E-state index contributed by atoms with van der Waals surface area (Å²) in [6.45, 7) is 11.3. The Labute approximate surface area is 112 Å². The van der Waals surface area contributed by atoms with Crippen LogP contribution in [-0.2, 0) is 6.54 Å². The molecule has 3 nitrogen and oxygen atoms in total. The molecule has 0 aromatic carbocycles. The smallest absolute Gasteiger partial charge is 0.0489 e. The zero-order valence-electron chi connectivity index (χ0n) is 12.4. The van der Waals surface area contributed by atoms with Gasteiger partial charge in [0.1, 0.15) is 0 Å². The van der Waals surface area contributed by atoms with Crippen molar-refractivity contribution in [2.24, 2.45) is 11.8 Å². The fraction of sp³-hybridized carbons (Fsp3) is 0.800. The lowest BCUT2D eigenvalue weighted by atomic mass is 9.95. The van der Waals surface area contributed by atoms with Crippen molar-refractivity contribution >= 4 is 0 Å². The minimum absolute atomic E-state index is 0.669. The third-order valence-corrected chi connectivity index (χ3v) is 3.07. The molecule has 0 amide bonds. The van der Waals surface area contributed by atoms with Crippen LogP contribution in [0.5, 0.6) is 0 Å². The van der Waals surface area contributed by atoms with Gasteiger partial charge in [-0.05, 0) is 43.7 Å². The van der Waals surface area contributed by atoms with Crippen molar-refractivity contribution in [1.82, 2.24) is 15.1 Å². The van der Waals surface area contributed by atoms with Gasteiger partial charge in [0.15, 0.2) is 0 Å². The first-order valence-electron chi connectivity index (χ1n) is 7.28. The van der Waals surface area contributed by atoms with Crippen molar-refractivity contribution < 1.29 is 0 Å². The van der Waals surface area contributed by atoms with Crippen LogP contribution in [0.15, 0.2) is 18.5 Å². The average Bonchev–Trinajstić information content (AvgIpc) is 2.75. The fourth-order valence-corrected chi connectivity index (χ4v) is 2.38. The van der Waals surface area contributed by atoms with Crippen molar-refractivity contribution in [2.75, 3.05) is 6.54 Å². The van der Waals surface area contributed by atoms with E-state index in [0.717, 1.165) is 31.3 Å². The van der Waals surface area contributed by atoms with Gasteiger partial charge in [-0.15, -0.1) is 0 Å². The van der Waals surface area contributed by atoms with E-state index >= 15 is 0 Å². The quantitative estimate of drug-likeness (QED) is 0.682. The van der Waals surface area contributed by atoms with Crippen LogP contribution in [0.1, 0.15) is 47.0 Å².